The lowest BCUT2D eigenvalue weighted by Crippen LogP contribution is -2.32. The number of hydrogen-bond donors (Lipinski definition) is 2. The van der Waals surface area contributed by atoms with Gasteiger partial charge in [0.1, 0.15) is 5.69 Å². The quantitative estimate of drug-likeness (QED) is 0.815. The molecule has 0 radical (unpaired) electrons. The Balaban J connectivity index is 2.08. The van der Waals surface area contributed by atoms with Crippen molar-refractivity contribution < 1.29 is 19.1 Å². The smallest absolute Gasteiger partial charge is 0.339 e. The monoisotopic (exact) mass is 280 g/mol. The van der Waals surface area contributed by atoms with E-state index in [-0.39, 0.29) is 12.0 Å². The van der Waals surface area contributed by atoms with Crippen molar-refractivity contribution in [2.45, 2.75) is 32.8 Å². The van der Waals surface area contributed by atoms with Gasteiger partial charge in [0.2, 0.25) is 0 Å². The average molecular weight is 280 g/mol. The van der Waals surface area contributed by atoms with Crippen molar-refractivity contribution in [3.05, 3.63) is 22.5 Å². The van der Waals surface area contributed by atoms with Gasteiger partial charge in [0.25, 0.3) is 5.91 Å². The Morgan fingerprint density at radius 3 is 2.80 bits per heavy atom. The molecule has 2 rings (SSSR count). The molecule has 2 heterocycles. The second kappa shape index (κ2) is 6.09. The minimum absolute atomic E-state index is 0.0930. The van der Waals surface area contributed by atoms with Gasteiger partial charge in [-0.3, -0.25) is 4.79 Å². The molecule has 1 atom stereocenters. The maximum absolute atomic E-state index is 12.1. The molecule has 1 fully saturated rings. The summed E-state index contributed by atoms with van der Waals surface area (Å²) in [5, 5.41) is 2.83. The zero-order valence-electron chi connectivity index (χ0n) is 12.0. The molecule has 6 nitrogen and oxygen atoms in total. The molecular weight excluding hydrogens is 260 g/mol. The van der Waals surface area contributed by atoms with Crippen LogP contribution in [0.5, 0.6) is 0 Å². The van der Waals surface area contributed by atoms with Gasteiger partial charge in [0.15, 0.2) is 0 Å². The fourth-order valence-electron chi connectivity index (χ4n) is 2.49. The predicted molar refractivity (Wildman–Crippen MR) is 72.9 cm³/mol. The standard InChI is InChI=1S/C14H20N2O4/c1-8-11(14(18)19-3)9(2)16-12(8)13(17)15-7-10-5-4-6-20-10/h10,16H,4-7H2,1-3H3,(H,15,17). The van der Waals surface area contributed by atoms with E-state index in [2.05, 4.69) is 10.3 Å². The summed E-state index contributed by atoms with van der Waals surface area (Å²) in [6, 6.07) is 0. The van der Waals surface area contributed by atoms with Gasteiger partial charge in [-0.15, -0.1) is 0 Å². The van der Waals surface area contributed by atoms with Crippen LogP contribution in [0.4, 0.5) is 0 Å². The van der Waals surface area contributed by atoms with Crippen LogP contribution < -0.4 is 5.32 Å². The fourth-order valence-corrected chi connectivity index (χ4v) is 2.49. The van der Waals surface area contributed by atoms with E-state index in [0.717, 1.165) is 19.4 Å². The van der Waals surface area contributed by atoms with E-state index < -0.39 is 5.97 Å². The molecule has 0 spiro atoms. The van der Waals surface area contributed by atoms with Crippen molar-refractivity contribution in [1.82, 2.24) is 10.3 Å². The number of carbonyl (C=O) groups excluding carboxylic acids is 2. The lowest BCUT2D eigenvalue weighted by Gasteiger charge is -2.10. The van der Waals surface area contributed by atoms with Crippen molar-refractivity contribution in [3.63, 3.8) is 0 Å². The van der Waals surface area contributed by atoms with Crippen LogP contribution in [0.25, 0.3) is 0 Å². The lowest BCUT2D eigenvalue weighted by molar-refractivity contribution is 0.0599. The number of H-pyrrole nitrogens is 1. The highest BCUT2D eigenvalue weighted by molar-refractivity contribution is 6.00. The Kier molecular flexibility index (Phi) is 4.44. The molecule has 0 bridgehead atoms. The molecule has 20 heavy (non-hydrogen) atoms. The van der Waals surface area contributed by atoms with E-state index in [4.69, 9.17) is 9.47 Å². The third kappa shape index (κ3) is 2.85. The number of carbonyl (C=O) groups is 2. The number of aryl methyl sites for hydroxylation is 1. The number of rotatable bonds is 4. The fraction of sp³-hybridized carbons (Fsp3) is 0.571. The van der Waals surface area contributed by atoms with Gasteiger partial charge in [-0.25, -0.2) is 4.79 Å². The number of esters is 1. The number of nitrogens with one attached hydrogen (secondary N) is 2. The van der Waals surface area contributed by atoms with E-state index in [9.17, 15) is 9.59 Å². The largest absolute Gasteiger partial charge is 0.465 e. The molecule has 110 valence electrons. The van der Waals surface area contributed by atoms with Gasteiger partial charge in [-0.1, -0.05) is 0 Å². The first-order chi connectivity index (χ1) is 9.54. The molecule has 6 heteroatoms. The van der Waals surface area contributed by atoms with E-state index in [0.29, 0.717) is 29.1 Å². The highest BCUT2D eigenvalue weighted by atomic mass is 16.5. The first-order valence-corrected chi connectivity index (χ1v) is 6.72. The normalized spacial score (nSPS) is 18.1. The maximum atomic E-state index is 12.1. The summed E-state index contributed by atoms with van der Waals surface area (Å²) in [6.45, 7) is 4.73. The Bertz CT molecular complexity index is 515. The van der Waals surface area contributed by atoms with Crippen molar-refractivity contribution >= 4 is 11.9 Å². The van der Waals surface area contributed by atoms with Crippen molar-refractivity contribution in [2.24, 2.45) is 0 Å². The van der Waals surface area contributed by atoms with Gasteiger partial charge < -0.3 is 19.8 Å². The number of methoxy groups -OCH3 is 1. The molecule has 1 unspecified atom stereocenters. The first-order valence-electron chi connectivity index (χ1n) is 6.72. The zero-order chi connectivity index (χ0) is 14.7. The Hall–Kier alpha value is -1.82. The predicted octanol–water partition coefficient (Wildman–Crippen LogP) is 1.33. The Labute approximate surface area is 117 Å². The summed E-state index contributed by atoms with van der Waals surface area (Å²) < 4.78 is 10.2. The maximum Gasteiger partial charge on any atom is 0.339 e. The van der Waals surface area contributed by atoms with E-state index in [1.165, 1.54) is 7.11 Å². The molecule has 0 aromatic carbocycles. The molecule has 1 aliphatic heterocycles. The molecule has 1 amide bonds. The van der Waals surface area contributed by atoms with Crippen molar-refractivity contribution in [3.8, 4) is 0 Å². The van der Waals surface area contributed by atoms with Crippen LogP contribution in [0.2, 0.25) is 0 Å². The number of aromatic amines is 1. The highest BCUT2D eigenvalue weighted by Gasteiger charge is 2.23. The summed E-state index contributed by atoms with van der Waals surface area (Å²) in [7, 11) is 1.32. The molecular formula is C14H20N2O4. The molecule has 1 aromatic rings. The van der Waals surface area contributed by atoms with Crippen LogP contribution in [0.3, 0.4) is 0 Å². The molecule has 0 saturated carbocycles. The van der Waals surface area contributed by atoms with E-state index in [1.54, 1.807) is 13.8 Å². The Morgan fingerprint density at radius 2 is 2.20 bits per heavy atom. The lowest BCUT2D eigenvalue weighted by atomic mass is 10.1. The SMILES string of the molecule is COC(=O)c1c(C)[nH]c(C(=O)NCC2CCCO2)c1C. The summed E-state index contributed by atoms with van der Waals surface area (Å²) in [5.41, 5.74) is 2.08. The van der Waals surface area contributed by atoms with Crippen molar-refractivity contribution in [1.29, 1.82) is 0 Å². The van der Waals surface area contributed by atoms with Crippen LogP contribution in [0.15, 0.2) is 0 Å². The second-order valence-electron chi connectivity index (χ2n) is 4.96. The Morgan fingerprint density at radius 1 is 1.45 bits per heavy atom. The van der Waals surface area contributed by atoms with Gasteiger partial charge in [-0.2, -0.15) is 0 Å². The minimum Gasteiger partial charge on any atom is -0.465 e. The third-order valence-corrected chi connectivity index (χ3v) is 3.57. The van der Waals surface area contributed by atoms with Crippen LogP contribution in [0, 0.1) is 13.8 Å². The number of hydrogen-bond acceptors (Lipinski definition) is 4. The number of ether oxygens (including phenoxy) is 2. The second-order valence-corrected chi connectivity index (χ2v) is 4.96. The highest BCUT2D eigenvalue weighted by Crippen LogP contribution is 2.19. The van der Waals surface area contributed by atoms with Gasteiger partial charge >= 0.3 is 5.97 Å². The summed E-state index contributed by atoms with van der Waals surface area (Å²) in [5.74, 6) is -0.661. The zero-order valence-corrected chi connectivity index (χ0v) is 12.0. The number of amides is 1. The summed E-state index contributed by atoms with van der Waals surface area (Å²) in [6.07, 6.45) is 2.10. The molecule has 1 aliphatic rings. The third-order valence-electron chi connectivity index (χ3n) is 3.57. The van der Waals surface area contributed by atoms with Gasteiger partial charge in [0, 0.05) is 18.8 Å². The minimum atomic E-state index is -0.436. The molecule has 2 N–H and O–H groups in total. The van der Waals surface area contributed by atoms with E-state index in [1.807, 2.05) is 0 Å². The number of aromatic nitrogens is 1. The topological polar surface area (TPSA) is 80.4 Å². The summed E-state index contributed by atoms with van der Waals surface area (Å²) >= 11 is 0. The summed E-state index contributed by atoms with van der Waals surface area (Å²) in [4.78, 5) is 26.8. The van der Waals surface area contributed by atoms with Crippen LogP contribution in [-0.4, -0.2) is 43.2 Å². The molecule has 0 aliphatic carbocycles. The van der Waals surface area contributed by atoms with Gasteiger partial charge in [-0.05, 0) is 32.3 Å². The average Bonchev–Trinajstić information content (AvgIpc) is 3.04. The molecule has 1 saturated heterocycles. The van der Waals surface area contributed by atoms with Crippen LogP contribution in [-0.2, 0) is 9.47 Å². The molecule has 1 aromatic heterocycles. The van der Waals surface area contributed by atoms with Crippen LogP contribution >= 0.6 is 0 Å². The first kappa shape index (κ1) is 14.6. The van der Waals surface area contributed by atoms with Gasteiger partial charge in [0.05, 0.1) is 18.8 Å². The van der Waals surface area contributed by atoms with Crippen molar-refractivity contribution in [2.75, 3.05) is 20.3 Å². The van der Waals surface area contributed by atoms with E-state index >= 15 is 0 Å². The van der Waals surface area contributed by atoms with Crippen LogP contribution in [0.1, 0.15) is 44.9 Å².